The van der Waals surface area contributed by atoms with Crippen LogP contribution in [0.4, 0.5) is 0 Å². The van der Waals surface area contributed by atoms with E-state index in [4.69, 9.17) is 18.9 Å². The van der Waals surface area contributed by atoms with E-state index in [9.17, 15) is 4.79 Å². The fourth-order valence-corrected chi connectivity index (χ4v) is 1.48. The molecule has 126 valence electrons. The molecule has 0 atom stereocenters. The van der Waals surface area contributed by atoms with E-state index in [0.717, 1.165) is 0 Å². The van der Waals surface area contributed by atoms with Crippen molar-refractivity contribution in [1.82, 2.24) is 20.3 Å². The van der Waals surface area contributed by atoms with Crippen molar-refractivity contribution in [1.29, 1.82) is 0 Å². The Morgan fingerprint density at radius 2 is 1.68 bits per heavy atom. The molecule has 0 spiro atoms. The van der Waals surface area contributed by atoms with Gasteiger partial charge in [0.15, 0.2) is 5.69 Å². The molecule has 0 radical (unpaired) electrons. The minimum absolute atomic E-state index is 0.256. The minimum atomic E-state index is -0.256. The van der Waals surface area contributed by atoms with Gasteiger partial charge in [-0.2, -0.15) is 0 Å². The standard InChI is InChI=1S/C13H24N4O5/c1-14-13(18)12-11-17(16-15-12)3-4-20-7-8-22-10-9-21-6-5-19-2/h11H,3-10H2,1-2H3,(H,14,18). The second-order valence-corrected chi connectivity index (χ2v) is 4.28. The second kappa shape index (κ2) is 12.0. The van der Waals surface area contributed by atoms with Gasteiger partial charge >= 0.3 is 0 Å². The van der Waals surface area contributed by atoms with Gasteiger partial charge in [-0.3, -0.25) is 4.79 Å². The molecule has 0 aliphatic heterocycles. The van der Waals surface area contributed by atoms with Crippen molar-refractivity contribution in [2.45, 2.75) is 6.54 Å². The number of carbonyl (C=O) groups excluding carboxylic acids is 1. The molecule has 1 amide bonds. The number of rotatable bonds is 13. The van der Waals surface area contributed by atoms with Crippen LogP contribution in [0, 0.1) is 0 Å². The van der Waals surface area contributed by atoms with Gasteiger partial charge in [-0.15, -0.1) is 5.10 Å². The van der Waals surface area contributed by atoms with Crippen molar-refractivity contribution in [3.05, 3.63) is 11.9 Å². The Labute approximate surface area is 129 Å². The van der Waals surface area contributed by atoms with Crippen LogP contribution >= 0.6 is 0 Å². The average Bonchev–Trinajstić information content (AvgIpc) is 3.00. The van der Waals surface area contributed by atoms with Gasteiger partial charge in [-0.05, 0) is 0 Å². The lowest BCUT2D eigenvalue weighted by atomic mass is 10.4. The summed E-state index contributed by atoms with van der Waals surface area (Å²) in [5.41, 5.74) is 0.291. The molecule has 9 heteroatoms. The molecular weight excluding hydrogens is 292 g/mol. The third kappa shape index (κ3) is 8.03. The Kier molecular flexibility index (Phi) is 10.1. The van der Waals surface area contributed by atoms with Crippen molar-refractivity contribution < 1.29 is 23.7 Å². The average molecular weight is 316 g/mol. The summed E-state index contributed by atoms with van der Waals surface area (Å²) in [5.74, 6) is -0.256. The van der Waals surface area contributed by atoms with Gasteiger partial charge in [0.05, 0.1) is 59.0 Å². The first kappa shape index (κ1) is 18.5. The summed E-state index contributed by atoms with van der Waals surface area (Å²) in [5, 5.41) is 10.1. The van der Waals surface area contributed by atoms with Gasteiger partial charge in [0.2, 0.25) is 0 Å². The lowest BCUT2D eigenvalue weighted by Gasteiger charge is -2.06. The largest absolute Gasteiger partial charge is 0.382 e. The van der Waals surface area contributed by atoms with Crippen LogP contribution in [-0.4, -0.2) is 81.3 Å². The van der Waals surface area contributed by atoms with E-state index in [1.807, 2.05) is 0 Å². The number of ether oxygens (including phenoxy) is 4. The summed E-state index contributed by atoms with van der Waals surface area (Å²) in [7, 11) is 3.18. The van der Waals surface area contributed by atoms with E-state index in [1.54, 1.807) is 25.0 Å². The predicted octanol–water partition coefficient (Wildman–Crippen LogP) is -0.666. The van der Waals surface area contributed by atoms with Crippen molar-refractivity contribution in [3.8, 4) is 0 Å². The van der Waals surface area contributed by atoms with Gasteiger partial charge in [0.25, 0.3) is 5.91 Å². The number of hydrogen-bond acceptors (Lipinski definition) is 7. The third-order valence-corrected chi connectivity index (χ3v) is 2.64. The van der Waals surface area contributed by atoms with E-state index in [1.165, 1.54) is 0 Å². The number of methoxy groups -OCH3 is 1. The molecule has 1 rings (SSSR count). The van der Waals surface area contributed by atoms with Crippen molar-refractivity contribution in [3.63, 3.8) is 0 Å². The molecule has 1 heterocycles. The summed E-state index contributed by atoms with van der Waals surface area (Å²) >= 11 is 0. The summed E-state index contributed by atoms with van der Waals surface area (Å²) in [6.07, 6.45) is 1.58. The predicted molar refractivity (Wildman–Crippen MR) is 77.7 cm³/mol. The number of aromatic nitrogens is 3. The summed E-state index contributed by atoms with van der Waals surface area (Å²) in [6, 6.07) is 0. The molecular formula is C13H24N4O5. The fraction of sp³-hybridized carbons (Fsp3) is 0.769. The van der Waals surface area contributed by atoms with E-state index in [-0.39, 0.29) is 5.91 Å². The summed E-state index contributed by atoms with van der Waals surface area (Å²) in [4.78, 5) is 11.3. The molecule has 0 unspecified atom stereocenters. The highest BCUT2D eigenvalue weighted by Crippen LogP contribution is 1.93. The number of nitrogens with zero attached hydrogens (tertiary/aromatic N) is 3. The van der Waals surface area contributed by atoms with Gasteiger partial charge in [-0.1, -0.05) is 5.21 Å². The van der Waals surface area contributed by atoms with Gasteiger partial charge in [0, 0.05) is 14.2 Å². The first-order valence-corrected chi connectivity index (χ1v) is 7.12. The maximum atomic E-state index is 11.3. The zero-order valence-electron chi connectivity index (χ0n) is 13.1. The molecule has 1 aromatic heterocycles. The lowest BCUT2D eigenvalue weighted by molar-refractivity contribution is 0.00244. The highest BCUT2D eigenvalue weighted by Gasteiger charge is 2.07. The Morgan fingerprint density at radius 3 is 2.27 bits per heavy atom. The number of amides is 1. The van der Waals surface area contributed by atoms with Crippen molar-refractivity contribution in [2.24, 2.45) is 0 Å². The normalized spacial score (nSPS) is 10.8. The van der Waals surface area contributed by atoms with Crippen LogP contribution in [0.25, 0.3) is 0 Å². The molecule has 0 aliphatic carbocycles. The fourth-order valence-electron chi connectivity index (χ4n) is 1.48. The molecule has 9 nitrogen and oxygen atoms in total. The molecule has 0 saturated carbocycles. The Morgan fingerprint density at radius 1 is 1.09 bits per heavy atom. The van der Waals surface area contributed by atoms with Crippen LogP contribution in [0.3, 0.4) is 0 Å². The van der Waals surface area contributed by atoms with Crippen LogP contribution < -0.4 is 5.32 Å². The molecule has 1 aromatic rings. The van der Waals surface area contributed by atoms with Crippen molar-refractivity contribution >= 4 is 5.91 Å². The van der Waals surface area contributed by atoms with E-state index >= 15 is 0 Å². The number of hydrogen-bond donors (Lipinski definition) is 1. The molecule has 22 heavy (non-hydrogen) atoms. The van der Waals surface area contributed by atoms with Gasteiger partial charge < -0.3 is 24.3 Å². The summed E-state index contributed by atoms with van der Waals surface area (Å²) < 4.78 is 22.4. The Bertz CT molecular complexity index is 413. The molecule has 0 aliphatic rings. The van der Waals surface area contributed by atoms with E-state index < -0.39 is 0 Å². The van der Waals surface area contributed by atoms with Crippen LogP contribution in [0.1, 0.15) is 10.5 Å². The molecule has 1 N–H and O–H groups in total. The Hall–Kier alpha value is -1.55. The van der Waals surface area contributed by atoms with E-state index in [2.05, 4.69) is 15.6 Å². The van der Waals surface area contributed by atoms with E-state index in [0.29, 0.717) is 58.5 Å². The Balaban J connectivity index is 1.93. The third-order valence-electron chi connectivity index (χ3n) is 2.64. The molecule has 0 fully saturated rings. The maximum absolute atomic E-state index is 11.3. The minimum Gasteiger partial charge on any atom is -0.382 e. The van der Waals surface area contributed by atoms with Crippen LogP contribution in [0.15, 0.2) is 6.20 Å². The molecule has 0 saturated heterocycles. The highest BCUT2D eigenvalue weighted by atomic mass is 16.6. The SMILES string of the molecule is CNC(=O)c1cn(CCOCCOCCOCCOC)nn1. The van der Waals surface area contributed by atoms with Gasteiger partial charge in [0.1, 0.15) is 0 Å². The smallest absolute Gasteiger partial charge is 0.273 e. The topological polar surface area (TPSA) is 96.7 Å². The zero-order chi connectivity index (χ0) is 16.0. The highest BCUT2D eigenvalue weighted by molar-refractivity contribution is 5.91. The quantitative estimate of drug-likeness (QED) is 0.482. The maximum Gasteiger partial charge on any atom is 0.273 e. The van der Waals surface area contributed by atoms with Gasteiger partial charge in [-0.25, -0.2) is 4.68 Å². The number of nitrogens with one attached hydrogen (secondary N) is 1. The van der Waals surface area contributed by atoms with Crippen molar-refractivity contribution in [2.75, 3.05) is 60.4 Å². The van der Waals surface area contributed by atoms with Crippen LogP contribution in [-0.2, 0) is 25.5 Å². The van der Waals surface area contributed by atoms with Crippen LogP contribution in [0.2, 0.25) is 0 Å². The zero-order valence-corrected chi connectivity index (χ0v) is 13.1. The second-order valence-electron chi connectivity index (χ2n) is 4.28. The molecule has 0 bridgehead atoms. The lowest BCUT2D eigenvalue weighted by Crippen LogP contribution is -2.18. The monoisotopic (exact) mass is 316 g/mol. The first-order chi connectivity index (χ1) is 10.8. The molecule has 0 aromatic carbocycles. The number of carbonyl (C=O) groups is 1. The van der Waals surface area contributed by atoms with Crippen LogP contribution in [0.5, 0.6) is 0 Å². The summed E-state index contributed by atoms with van der Waals surface area (Å²) in [6.45, 7) is 4.26. The first-order valence-electron chi connectivity index (χ1n) is 7.12.